The summed E-state index contributed by atoms with van der Waals surface area (Å²) in [6.45, 7) is 10.9. The van der Waals surface area contributed by atoms with E-state index in [1.807, 2.05) is 42.5 Å². The van der Waals surface area contributed by atoms with Crippen molar-refractivity contribution in [2.45, 2.75) is 42.2 Å². The first-order valence-corrected chi connectivity index (χ1v) is 15.0. The Hall–Kier alpha value is -3.10. The number of rotatable bonds is 11. The minimum atomic E-state index is -0.706. The van der Waals surface area contributed by atoms with Crippen LogP contribution >= 0.6 is 11.8 Å². The molecule has 1 N–H and O–H groups in total. The van der Waals surface area contributed by atoms with Crippen molar-refractivity contribution in [3.8, 4) is 0 Å². The zero-order chi connectivity index (χ0) is 28.6. The molecule has 40 heavy (non-hydrogen) atoms. The van der Waals surface area contributed by atoms with E-state index in [1.54, 1.807) is 45.7 Å². The normalized spacial score (nSPS) is 28.5. The predicted molar refractivity (Wildman–Crippen MR) is 161 cm³/mol. The van der Waals surface area contributed by atoms with Gasteiger partial charge in [-0.25, -0.2) is 0 Å². The van der Waals surface area contributed by atoms with Crippen LogP contribution in [0.25, 0.3) is 10.8 Å². The van der Waals surface area contributed by atoms with Gasteiger partial charge in [0.15, 0.2) is 0 Å². The summed E-state index contributed by atoms with van der Waals surface area (Å²) in [5.41, 5.74) is 0.759. The van der Waals surface area contributed by atoms with Crippen molar-refractivity contribution >= 4 is 45.9 Å². The van der Waals surface area contributed by atoms with Gasteiger partial charge >= 0.3 is 0 Å². The average Bonchev–Trinajstić information content (AvgIpc) is 3.54. The van der Waals surface area contributed by atoms with Crippen LogP contribution in [0.1, 0.15) is 26.2 Å². The minimum absolute atomic E-state index is 0.00729. The molecule has 3 saturated heterocycles. The molecule has 0 saturated carbocycles. The van der Waals surface area contributed by atoms with Gasteiger partial charge in [-0.2, -0.15) is 0 Å². The molecule has 1 spiro atoms. The lowest BCUT2D eigenvalue weighted by molar-refractivity contribution is -0.143. The first kappa shape index (κ1) is 28.4. The van der Waals surface area contributed by atoms with Gasteiger partial charge < -0.3 is 19.8 Å². The van der Waals surface area contributed by atoms with E-state index in [0.717, 1.165) is 22.9 Å². The molecule has 3 fully saturated rings. The number of benzene rings is 2. The minimum Gasteiger partial charge on any atom is -0.396 e. The number of thioether (sulfide) groups is 1. The maximum Gasteiger partial charge on any atom is 0.251 e. The number of hydrogen-bond donors (Lipinski definition) is 1. The van der Waals surface area contributed by atoms with E-state index in [4.69, 9.17) is 0 Å². The van der Waals surface area contributed by atoms with Gasteiger partial charge in [0.25, 0.3) is 5.91 Å². The number of unbranched alkanes of at least 4 members (excludes halogenated alkanes) is 1. The Morgan fingerprint density at radius 1 is 1.10 bits per heavy atom. The Balaban J connectivity index is 1.58. The molecule has 2 bridgehead atoms. The summed E-state index contributed by atoms with van der Waals surface area (Å²) in [7, 11) is 1.75. The highest BCUT2D eigenvalue weighted by Gasteiger charge is 2.76. The number of hydrogen-bond acceptors (Lipinski definition) is 5. The first-order valence-electron chi connectivity index (χ1n) is 14.2. The highest BCUT2D eigenvalue weighted by atomic mass is 32.2. The van der Waals surface area contributed by atoms with Crippen molar-refractivity contribution in [2.24, 2.45) is 17.8 Å². The lowest BCUT2D eigenvalue weighted by atomic mass is 9.65. The molecule has 8 heteroatoms. The highest BCUT2D eigenvalue weighted by Crippen LogP contribution is 2.69. The van der Waals surface area contributed by atoms with E-state index in [9.17, 15) is 19.5 Å². The third kappa shape index (κ3) is 4.45. The predicted octanol–water partition coefficient (Wildman–Crippen LogP) is 4.11. The van der Waals surface area contributed by atoms with E-state index in [2.05, 4.69) is 20.1 Å². The lowest BCUT2D eigenvalue weighted by Gasteiger charge is -2.41. The maximum absolute atomic E-state index is 14.8. The quantitative estimate of drug-likeness (QED) is 0.330. The van der Waals surface area contributed by atoms with Crippen LogP contribution in [0.4, 0.5) is 5.69 Å². The van der Waals surface area contributed by atoms with Crippen LogP contribution in [0, 0.1) is 17.8 Å². The van der Waals surface area contributed by atoms with E-state index in [0.29, 0.717) is 32.5 Å². The van der Waals surface area contributed by atoms with Gasteiger partial charge in [-0.05, 0) is 48.1 Å². The Kier molecular flexibility index (Phi) is 8.11. The first-order chi connectivity index (χ1) is 19.3. The van der Waals surface area contributed by atoms with Crippen LogP contribution in [0.3, 0.4) is 0 Å². The molecule has 3 aliphatic heterocycles. The van der Waals surface area contributed by atoms with Gasteiger partial charge in [0.1, 0.15) is 6.04 Å². The number of anilines is 1. The largest absolute Gasteiger partial charge is 0.396 e. The van der Waals surface area contributed by atoms with Crippen molar-refractivity contribution in [3.63, 3.8) is 0 Å². The van der Waals surface area contributed by atoms with E-state index in [1.165, 1.54) is 0 Å². The fourth-order valence-electron chi connectivity index (χ4n) is 7.20. The molecular formula is C32H39N3O4S. The number of aliphatic hydroxyl groups excluding tert-OH is 1. The SMILES string of the molecule is C=CCN(C)C(=O)[C@@H]1[C@H]2C(=O)N(CCCCO)C(C(=O)N(CC=C)c3ccc4ccccc4c3)C23S[C@@H]1CC3C. The van der Waals surface area contributed by atoms with Crippen LogP contribution < -0.4 is 4.90 Å². The molecule has 7 nitrogen and oxygen atoms in total. The molecule has 3 amide bonds. The third-order valence-electron chi connectivity index (χ3n) is 8.97. The summed E-state index contributed by atoms with van der Waals surface area (Å²) < 4.78 is -0.691. The van der Waals surface area contributed by atoms with Crippen LogP contribution in [0.5, 0.6) is 0 Å². The molecule has 0 aliphatic carbocycles. The molecule has 3 unspecified atom stereocenters. The van der Waals surface area contributed by atoms with Crippen molar-refractivity contribution in [1.82, 2.24) is 9.80 Å². The summed E-state index contributed by atoms with van der Waals surface area (Å²) in [6, 6.07) is 13.3. The second-order valence-electron chi connectivity index (χ2n) is 11.3. The number of likely N-dealkylation sites (N-methyl/N-ethyl adjacent to an activating group) is 1. The van der Waals surface area contributed by atoms with Gasteiger partial charge in [0.2, 0.25) is 11.8 Å². The van der Waals surface area contributed by atoms with Gasteiger partial charge in [-0.15, -0.1) is 24.9 Å². The summed E-state index contributed by atoms with van der Waals surface area (Å²) in [4.78, 5) is 47.9. The summed E-state index contributed by atoms with van der Waals surface area (Å²) >= 11 is 1.69. The summed E-state index contributed by atoms with van der Waals surface area (Å²) in [5, 5.41) is 11.6. The fourth-order valence-corrected chi connectivity index (χ4v) is 9.61. The Morgan fingerprint density at radius 2 is 1.82 bits per heavy atom. The van der Waals surface area contributed by atoms with Crippen molar-refractivity contribution in [3.05, 3.63) is 67.8 Å². The molecule has 5 rings (SSSR count). The van der Waals surface area contributed by atoms with Crippen molar-refractivity contribution < 1.29 is 19.5 Å². The fraction of sp³-hybridized carbons (Fsp3) is 0.469. The zero-order valence-corrected chi connectivity index (χ0v) is 24.2. The lowest BCUT2D eigenvalue weighted by Crippen LogP contribution is -2.57. The second-order valence-corrected chi connectivity index (χ2v) is 12.8. The molecule has 0 aromatic heterocycles. The zero-order valence-electron chi connectivity index (χ0n) is 23.4. The van der Waals surface area contributed by atoms with Gasteiger partial charge in [-0.1, -0.05) is 49.4 Å². The maximum atomic E-state index is 14.8. The molecule has 212 valence electrons. The molecular weight excluding hydrogens is 522 g/mol. The number of aliphatic hydroxyl groups is 1. The second kappa shape index (κ2) is 11.4. The number of carbonyl (C=O) groups excluding carboxylic acids is 3. The number of nitrogens with zero attached hydrogens (tertiary/aromatic N) is 3. The number of likely N-dealkylation sites (tertiary alicyclic amines) is 1. The molecule has 2 aromatic rings. The van der Waals surface area contributed by atoms with Gasteiger partial charge in [-0.3, -0.25) is 14.4 Å². The van der Waals surface area contributed by atoms with E-state index < -0.39 is 22.6 Å². The third-order valence-corrected chi connectivity index (χ3v) is 11.0. The Morgan fingerprint density at radius 3 is 2.52 bits per heavy atom. The summed E-state index contributed by atoms with van der Waals surface area (Å²) in [6.07, 6.45) is 5.33. The monoisotopic (exact) mass is 561 g/mol. The number of amides is 3. The molecule has 6 atom stereocenters. The topological polar surface area (TPSA) is 81.2 Å². The highest BCUT2D eigenvalue weighted by molar-refractivity contribution is 8.02. The van der Waals surface area contributed by atoms with Crippen LogP contribution in [-0.4, -0.2) is 82.0 Å². The van der Waals surface area contributed by atoms with Crippen LogP contribution in [0.15, 0.2) is 67.8 Å². The Labute approximate surface area is 240 Å². The molecule has 3 aliphatic rings. The molecule has 2 aromatic carbocycles. The van der Waals surface area contributed by atoms with Crippen LogP contribution in [0.2, 0.25) is 0 Å². The van der Waals surface area contributed by atoms with E-state index >= 15 is 0 Å². The molecule has 0 radical (unpaired) electrons. The smallest absolute Gasteiger partial charge is 0.251 e. The molecule has 3 heterocycles. The van der Waals surface area contributed by atoms with E-state index in [-0.39, 0.29) is 35.5 Å². The van der Waals surface area contributed by atoms with Gasteiger partial charge in [0.05, 0.1) is 16.6 Å². The van der Waals surface area contributed by atoms with Crippen molar-refractivity contribution in [2.75, 3.05) is 38.2 Å². The Bertz CT molecular complexity index is 1330. The van der Waals surface area contributed by atoms with Crippen molar-refractivity contribution in [1.29, 1.82) is 0 Å². The summed E-state index contributed by atoms with van der Waals surface area (Å²) in [5.74, 6) is -1.24. The van der Waals surface area contributed by atoms with Crippen LogP contribution in [-0.2, 0) is 14.4 Å². The number of carbonyl (C=O) groups is 3. The van der Waals surface area contributed by atoms with Gasteiger partial charge in [0, 0.05) is 44.2 Å². The average molecular weight is 562 g/mol. The number of fused-ring (bicyclic) bond motifs is 2. The standard InChI is InChI=1S/C32H39N3O4S/c1-5-15-33(4)29(37)26-25-19-21(3)32(40-25)27(26)30(38)35(17-9-10-18-36)28(32)31(39)34(16-6-2)24-14-13-22-11-7-8-12-23(22)20-24/h5-8,11-14,20-21,25-28,36H,1-2,9-10,15-19H2,3-4H3/t21?,25-,26+,27+,28?,32?/m1/s1.